The SMILES string of the molecule is O=C(NC1CCN(Cc2ccccc2)C1)c1nn[nH]n1. The molecular weight excluding hydrogens is 256 g/mol. The molecule has 0 radical (unpaired) electrons. The van der Waals surface area contributed by atoms with E-state index in [2.05, 4.69) is 43.0 Å². The van der Waals surface area contributed by atoms with Crippen LogP contribution >= 0.6 is 0 Å². The number of rotatable bonds is 4. The lowest BCUT2D eigenvalue weighted by Crippen LogP contribution is -2.37. The van der Waals surface area contributed by atoms with E-state index in [-0.39, 0.29) is 17.8 Å². The van der Waals surface area contributed by atoms with Crippen LogP contribution in [0, 0.1) is 0 Å². The van der Waals surface area contributed by atoms with E-state index < -0.39 is 0 Å². The second-order valence-electron chi connectivity index (χ2n) is 4.92. The third-order valence-electron chi connectivity index (χ3n) is 3.41. The number of carbonyl (C=O) groups excluding carboxylic acids is 1. The molecule has 2 aromatic rings. The third kappa shape index (κ3) is 3.00. The molecule has 7 heteroatoms. The van der Waals surface area contributed by atoms with Crippen LogP contribution in [0.3, 0.4) is 0 Å². The number of hydrogen-bond acceptors (Lipinski definition) is 5. The first-order valence-electron chi connectivity index (χ1n) is 6.62. The van der Waals surface area contributed by atoms with Gasteiger partial charge in [0, 0.05) is 25.7 Å². The van der Waals surface area contributed by atoms with Gasteiger partial charge in [0.2, 0.25) is 0 Å². The highest BCUT2D eigenvalue weighted by molar-refractivity contribution is 5.90. The molecule has 0 spiro atoms. The first kappa shape index (κ1) is 12.7. The van der Waals surface area contributed by atoms with E-state index in [0.29, 0.717) is 0 Å². The van der Waals surface area contributed by atoms with Gasteiger partial charge in [-0.2, -0.15) is 5.21 Å². The maximum Gasteiger partial charge on any atom is 0.293 e. The van der Waals surface area contributed by atoms with Crippen molar-refractivity contribution in [1.29, 1.82) is 0 Å². The molecule has 0 aliphatic carbocycles. The summed E-state index contributed by atoms with van der Waals surface area (Å²) in [4.78, 5) is 14.1. The number of aromatic amines is 1. The van der Waals surface area contributed by atoms with Gasteiger partial charge in [-0.15, -0.1) is 10.2 Å². The molecule has 1 fully saturated rings. The summed E-state index contributed by atoms with van der Waals surface area (Å²) < 4.78 is 0. The van der Waals surface area contributed by atoms with Gasteiger partial charge in [0.05, 0.1) is 0 Å². The monoisotopic (exact) mass is 272 g/mol. The van der Waals surface area contributed by atoms with E-state index in [1.807, 2.05) is 18.2 Å². The molecule has 1 amide bonds. The summed E-state index contributed by atoms with van der Waals surface area (Å²) in [6.07, 6.45) is 0.941. The van der Waals surface area contributed by atoms with Crippen LogP contribution in [0.15, 0.2) is 30.3 Å². The minimum atomic E-state index is -0.273. The van der Waals surface area contributed by atoms with Crippen LogP contribution in [0.25, 0.3) is 0 Å². The minimum absolute atomic E-state index is 0.0894. The van der Waals surface area contributed by atoms with Crippen molar-refractivity contribution in [3.8, 4) is 0 Å². The van der Waals surface area contributed by atoms with Crippen LogP contribution in [0.1, 0.15) is 22.6 Å². The Balaban J connectivity index is 1.51. The van der Waals surface area contributed by atoms with Crippen molar-refractivity contribution < 1.29 is 4.79 Å². The number of nitrogens with zero attached hydrogens (tertiary/aromatic N) is 4. The van der Waals surface area contributed by atoms with E-state index in [0.717, 1.165) is 26.1 Å². The maximum atomic E-state index is 11.8. The summed E-state index contributed by atoms with van der Waals surface area (Å²) in [5.41, 5.74) is 1.29. The van der Waals surface area contributed by atoms with E-state index in [1.165, 1.54) is 5.56 Å². The number of aromatic nitrogens is 4. The van der Waals surface area contributed by atoms with E-state index in [9.17, 15) is 4.79 Å². The maximum absolute atomic E-state index is 11.8. The van der Waals surface area contributed by atoms with E-state index >= 15 is 0 Å². The fourth-order valence-electron chi connectivity index (χ4n) is 2.44. The standard InChI is InChI=1S/C13H16N6O/c20-13(12-15-17-18-16-12)14-11-6-7-19(9-11)8-10-4-2-1-3-5-10/h1-5,11H,6-9H2,(H,14,20)(H,15,16,17,18). The zero-order valence-electron chi connectivity index (χ0n) is 11.0. The predicted octanol–water partition coefficient (Wildman–Crippen LogP) is 0.204. The van der Waals surface area contributed by atoms with Gasteiger partial charge in [0.15, 0.2) is 0 Å². The number of amides is 1. The smallest absolute Gasteiger partial charge is 0.293 e. The number of tetrazole rings is 1. The van der Waals surface area contributed by atoms with Crippen molar-refractivity contribution in [2.45, 2.75) is 19.0 Å². The fourth-order valence-corrected chi connectivity index (χ4v) is 2.44. The quantitative estimate of drug-likeness (QED) is 0.830. The first-order chi connectivity index (χ1) is 9.81. The molecule has 2 heterocycles. The molecule has 1 aromatic heterocycles. The first-order valence-corrected chi connectivity index (χ1v) is 6.62. The highest BCUT2D eigenvalue weighted by Crippen LogP contribution is 2.13. The second kappa shape index (κ2) is 5.79. The highest BCUT2D eigenvalue weighted by atomic mass is 16.2. The Hall–Kier alpha value is -2.28. The Kier molecular flexibility index (Phi) is 3.69. The lowest BCUT2D eigenvalue weighted by molar-refractivity contribution is 0.0927. The Morgan fingerprint density at radius 2 is 2.25 bits per heavy atom. The number of likely N-dealkylation sites (tertiary alicyclic amines) is 1. The number of carbonyl (C=O) groups is 1. The number of H-pyrrole nitrogens is 1. The molecule has 1 aromatic carbocycles. The molecule has 1 atom stereocenters. The van der Waals surface area contributed by atoms with Gasteiger partial charge in [-0.25, -0.2) is 0 Å². The van der Waals surface area contributed by atoms with Gasteiger partial charge >= 0.3 is 0 Å². The average molecular weight is 272 g/mol. The van der Waals surface area contributed by atoms with Gasteiger partial charge in [-0.3, -0.25) is 9.69 Å². The molecule has 0 saturated carbocycles. The normalized spacial score (nSPS) is 19.1. The fraction of sp³-hybridized carbons (Fsp3) is 0.385. The molecule has 2 N–H and O–H groups in total. The molecule has 1 aliphatic heterocycles. The third-order valence-corrected chi connectivity index (χ3v) is 3.41. The molecule has 1 aliphatic rings. The van der Waals surface area contributed by atoms with Crippen molar-refractivity contribution in [2.75, 3.05) is 13.1 Å². The summed E-state index contributed by atoms with van der Waals surface area (Å²) in [5.74, 6) is -0.183. The summed E-state index contributed by atoms with van der Waals surface area (Å²) in [6.45, 7) is 2.74. The zero-order valence-corrected chi connectivity index (χ0v) is 11.0. The Labute approximate surface area is 116 Å². The molecular formula is C13H16N6O. The van der Waals surface area contributed by atoms with Gasteiger partial charge in [0.1, 0.15) is 0 Å². The van der Waals surface area contributed by atoms with Gasteiger partial charge in [-0.05, 0) is 17.2 Å². The molecule has 1 unspecified atom stereocenters. The second-order valence-corrected chi connectivity index (χ2v) is 4.92. The summed E-state index contributed by atoms with van der Waals surface area (Å²) >= 11 is 0. The van der Waals surface area contributed by atoms with E-state index in [1.54, 1.807) is 0 Å². The lowest BCUT2D eigenvalue weighted by Gasteiger charge is -2.16. The minimum Gasteiger partial charge on any atom is -0.345 e. The van der Waals surface area contributed by atoms with E-state index in [4.69, 9.17) is 0 Å². The van der Waals surface area contributed by atoms with Crippen molar-refractivity contribution in [3.05, 3.63) is 41.7 Å². The average Bonchev–Trinajstić information content (AvgIpc) is 3.11. The van der Waals surface area contributed by atoms with Crippen molar-refractivity contribution >= 4 is 5.91 Å². The van der Waals surface area contributed by atoms with Crippen molar-refractivity contribution in [3.63, 3.8) is 0 Å². The molecule has 3 rings (SSSR count). The Bertz CT molecular complexity index is 556. The highest BCUT2D eigenvalue weighted by Gasteiger charge is 2.25. The zero-order chi connectivity index (χ0) is 13.8. The molecule has 0 bridgehead atoms. The number of nitrogens with one attached hydrogen (secondary N) is 2. The van der Waals surface area contributed by atoms with Gasteiger partial charge < -0.3 is 5.32 Å². The van der Waals surface area contributed by atoms with Gasteiger partial charge in [0.25, 0.3) is 11.7 Å². The summed E-state index contributed by atoms with van der Waals surface area (Å²) in [5, 5.41) is 15.9. The van der Waals surface area contributed by atoms with Crippen LogP contribution in [0.4, 0.5) is 0 Å². The summed E-state index contributed by atoms with van der Waals surface area (Å²) in [7, 11) is 0. The lowest BCUT2D eigenvalue weighted by atomic mass is 10.2. The molecule has 20 heavy (non-hydrogen) atoms. The Morgan fingerprint density at radius 3 is 3.00 bits per heavy atom. The summed E-state index contributed by atoms with van der Waals surface area (Å²) in [6, 6.07) is 10.5. The van der Waals surface area contributed by atoms with Crippen LogP contribution in [-0.2, 0) is 6.54 Å². The van der Waals surface area contributed by atoms with Crippen molar-refractivity contribution in [1.82, 2.24) is 30.8 Å². The van der Waals surface area contributed by atoms with Crippen LogP contribution < -0.4 is 5.32 Å². The topological polar surface area (TPSA) is 86.8 Å². The molecule has 104 valence electrons. The van der Waals surface area contributed by atoms with Crippen LogP contribution in [0.2, 0.25) is 0 Å². The predicted molar refractivity (Wildman–Crippen MR) is 71.8 cm³/mol. The Morgan fingerprint density at radius 1 is 1.40 bits per heavy atom. The van der Waals surface area contributed by atoms with Crippen LogP contribution in [-0.4, -0.2) is 50.6 Å². The van der Waals surface area contributed by atoms with Crippen LogP contribution in [0.5, 0.6) is 0 Å². The number of hydrogen-bond donors (Lipinski definition) is 2. The molecule has 1 saturated heterocycles. The van der Waals surface area contributed by atoms with Gasteiger partial charge in [-0.1, -0.05) is 30.3 Å². The number of benzene rings is 1. The molecule has 7 nitrogen and oxygen atoms in total. The van der Waals surface area contributed by atoms with Crippen molar-refractivity contribution in [2.24, 2.45) is 0 Å². The largest absolute Gasteiger partial charge is 0.345 e.